The zero-order chi connectivity index (χ0) is 13.4. The minimum Gasteiger partial charge on any atom is -0.465 e. The number of hydrogen-bond acceptors (Lipinski definition) is 1. The highest BCUT2D eigenvalue weighted by Gasteiger charge is 2.34. The highest BCUT2D eigenvalue weighted by molar-refractivity contribution is 5.83. The van der Waals surface area contributed by atoms with Gasteiger partial charge in [0.25, 0.3) is 0 Å². The number of likely N-dealkylation sites (tertiary alicyclic amines) is 1. The molecule has 0 spiro atoms. The second-order valence-corrected chi connectivity index (χ2v) is 5.22. The van der Waals surface area contributed by atoms with Gasteiger partial charge < -0.3 is 10.0 Å². The average Bonchev–Trinajstić information content (AvgIpc) is 2.80. The van der Waals surface area contributed by atoms with E-state index in [1.165, 1.54) is 16.3 Å². The van der Waals surface area contributed by atoms with Gasteiger partial charge in [-0.3, -0.25) is 0 Å². The van der Waals surface area contributed by atoms with Gasteiger partial charge in [-0.25, -0.2) is 4.79 Å². The Balaban J connectivity index is 1.94. The number of amides is 1. The van der Waals surface area contributed by atoms with E-state index < -0.39 is 6.09 Å². The predicted octanol–water partition coefficient (Wildman–Crippen LogP) is 3.70. The molecular formula is C16H17NO2. The maximum absolute atomic E-state index is 11.1. The van der Waals surface area contributed by atoms with Gasteiger partial charge in [-0.05, 0) is 29.7 Å². The van der Waals surface area contributed by atoms with Crippen LogP contribution in [0.25, 0.3) is 10.8 Å². The van der Waals surface area contributed by atoms with Crippen LogP contribution in [-0.2, 0) is 0 Å². The zero-order valence-electron chi connectivity index (χ0n) is 10.9. The first kappa shape index (κ1) is 12.0. The second kappa shape index (κ2) is 4.57. The molecule has 98 valence electrons. The fourth-order valence-corrected chi connectivity index (χ4v) is 3.09. The lowest BCUT2D eigenvalue weighted by Gasteiger charge is -2.22. The van der Waals surface area contributed by atoms with Crippen molar-refractivity contribution in [2.45, 2.75) is 25.3 Å². The molecule has 1 aliphatic rings. The van der Waals surface area contributed by atoms with Crippen molar-refractivity contribution in [3.05, 3.63) is 48.0 Å². The van der Waals surface area contributed by atoms with Gasteiger partial charge in [0.05, 0.1) is 0 Å². The first-order valence-electron chi connectivity index (χ1n) is 6.65. The molecule has 19 heavy (non-hydrogen) atoms. The Kier molecular flexibility index (Phi) is 2.90. The Morgan fingerprint density at radius 3 is 2.63 bits per heavy atom. The number of fused-ring (bicyclic) bond motifs is 1. The summed E-state index contributed by atoms with van der Waals surface area (Å²) in [6.07, 6.45) is 0.0991. The minimum absolute atomic E-state index is 0.0543. The lowest BCUT2D eigenvalue weighted by molar-refractivity contribution is 0.141. The van der Waals surface area contributed by atoms with Crippen LogP contribution in [0.15, 0.2) is 42.5 Å². The van der Waals surface area contributed by atoms with Crippen molar-refractivity contribution in [1.82, 2.24) is 4.90 Å². The summed E-state index contributed by atoms with van der Waals surface area (Å²) in [6, 6.07) is 14.8. The summed E-state index contributed by atoms with van der Waals surface area (Å²) >= 11 is 0. The van der Waals surface area contributed by atoms with Gasteiger partial charge in [0.15, 0.2) is 0 Å². The van der Waals surface area contributed by atoms with E-state index in [2.05, 4.69) is 30.3 Å². The molecule has 0 radical (unpaired) electrons. The number of carbonyl (C=O) groups is 1. The Hall–Kier alpha value is -2.03. The normalized spacial score (nSPS) is 22.9. The van der Waals surface area contributed by atoms with E-state index >= 15 is 0 Å². The lowest BCUT2D eigenvalue weighted by Crippen LogP contribution is -2.34. The van der Waals surface area contributed by atoms with Gasteiger partial charge in [-0.2, -0.15) is 0 Å². The first-order valence-corrected chi connectivity index (χ1v) is 6.65. The van der Waals surface area contributed by atoms with Crippen LogP contribution in [0.2, 0.25) is 0 Å². The van der Waals surface area contributed by atoms with Gasteiger partial charge in [-0.1, -0.05) is 42.5 Å². The van der Waals surface area contributed by atoms with E-state index in [1.807, 2.05) is 19.1 Å². The van der Waals surface area contributed by atoms with E-state index in [0.717, 1.165) is 6.42 Å². The fraction of sp³-hybridized carbons (Fsp3) is 0.312. The summed E-state index contributed by atoms with van der Waals surface area (Å²) in [5.41, 5.74) is 1.25. The van der Waals surface area contributed by atoms with Crippen LogP contribution in [0.1, 0.15) is 24.8 Å². The van der Waals surface area contributed by atoms with Crippen molar-refractivity contribution >= 4 is 16.9 Å². The molecule has 1 saturated heterocycles. The van der Waals surface area contributed by atoms with Gasteiger partial charge in [0.2, 0.25) is 0 Å². The molecule has 1 fully saturated rings. The van der Waals surface area contributed by atoms with E-state index in [4.69, 9.17) is 5.11 Å². The van der Waals surface area contributed by atoms with Crippen LogP contribution in [0, 0.1) is 0 Å². The molecule has 0 aromatic heterocycles. The summed E-state index contributed by atoms with van der Waals surface area (Å²) in [6.45, 7) is 2.63. The molecular weight excluding hydrogens is 238 g/mol. The molecule has 0 saturated carbocycles. The molecule has 2 atom stereocenters. The largest absolute Gasteiger partial charge is 0.465 e. The molecule has 0 aliphatic carbocycles. The summed E-state index contributed by atoms with van der Waals surface area (Å²) in [7, 11) is 0. The third-order valence-electron chi connectivity index (χ3n) is 4.20. The zero-order valence-corrected chi connectivity index (χ0v) is 10.9. The van der Waals surface area contributed by atoms with Crippen LogP contribution in [0.5, 0.6) is 0 Å². The molecule has 1 heterocycles. The quantitative estimate of drug-likeness (QED) is 0.844. The van der Waals surface area contributed by atoms with Crippen molar-refractivity contribution in [3.63, 3.8) is 0 Å². The Labute approximate surface area is 112 Å². The molecule has 0 unspecified atom stereocenters. The smallest absolute Gasteiger partial charge is 0.407 e. The molecule has 3 heteroatoms. The third-order valence-corrected chi connectivity index (χ3v) is 4.20. The molecule has 3 rings (SSSR count). The number of nitrogens with zero attached hydrogens (tertiary/aromatic N) is 1. The molecule has 2 aromatic carbocycles. The topological polar surface area (TPSA) is 40.5 Å². The van der Waals surface area contributed by atoms with E-state index in [9.17, 15) is 4.79 Å². The number of carboxylic acid groups (broad SMARTS) is 1. The maximum atomic E-state index is 11.1. The number of hydrogen-bond donors (Lipinski definition) is 1. The Bertz CT molecular complexity index is 623. The van der Waals surface area contributed by atoms with Crippen LogP contribution in [-0.4, -0.2) is 28.7 Å². The highest BCUT2D eigenvalue weighted by atomic mass is 16.4. The van der Waals surface area contributed by atoms with Gasteiger partial charge in [-0.15, -0.1) is 0 Å². The third kappa shape index (κ3) is 2.05. The molecule has 2 aromatic rings. The van der Waals surface area contributed by atoms with Crippen molar-refractivity contribution in [3.8, 4) is 0 Å². The van der Waals surface area contributed by atoms with Crippen LogP contribution in [0.3, 0.4) is 0 Å². The monoisotopic (exact) mass is 255 g/mol. The van der Waals surface area contributed by atoms with Crippen LogP contribution < -0.4 is 0 Å². The Morgan fingerprint density at radius 1 is 1.21 bits per heavy atom. The average molecular weight is 255 g/mol. The molecule has 1 N–H and O–H groups in total. The molecule has 3 nitrogen and oxygen atoms in total. The van der Waals surface area contributed by atoms with Crippen LogP contribution in [0.4, 0.5) is 4.79 Å². The van der Waals surface area contributed by atoms with Gasteiger partial charge >= 0.3 is 6.09 Å². The lowest BCUT2D eigenvalue weighted by atomic mass is 9.91. The summed E-state index contributed by atoms with van der Waals surface area (Å²) in [4.78, 5) is 12.7. The standard InChI is InChI=1S/C16H17NO2/c1-11-15(8-9-17(11)16(18)19)14-7-6-12-4-2-3-5-13(12)10-14/h2-7,10-11,15H,8-9H2,1H3,(H,18,19)/t11-,15+/m1/s1. The van der Waals surface area contributed by atoms with E-state index in [-0.39, 0.29) is 6.04 Å². The molecule has 1 aliphatic heterocycles. The van der Waals surface area contributed by atoms with Crippen molar-refractivity contribution in [2.24, 2.45) is 0 Å². The number of benzene rings is 2. The van der Waals surface area contributed by atoms with Crippen LogP contribution >= 0.6 is 0 Å². The Morgan fingerprint density at radius 2 is 1.95 bits per heavy atom. The predicted molar refractivity (Wildman–Crippen MR) is 75.5 cm³/mol. The molecule has 0 bridgehead atoms. The van der Waals surface area contributed by atoms with Gasteiger partial charge in [0.1, 0.15) is 0 Å². The van der Waals surface area contributed by atoms with Crippen molar-refractivity contribution in [1.29, 1.82) is 0 Å². The van der Waals surface area contributed by atoms with E-state index in [0.29, 0.717) is 12.5 Å². The summed E-state index contributed by atoms with van der Waals surface area (Å²) in [5, 5.41) is 11.6. The summed E-state index contributed by atoms with van der Waals surface area (Å²) in [5.74, 6) is 0.306. The van der Waals surface area contributed by atoms with E-state index in [1.54, 1.807) is 4.90 Å². The minimum atomic E-state index is -0.809. The highest BCUT2D eigenvalue weighted by Crippen LogP contribution is 2.34. The van der Waals surface area contributed by atoms with Crippen molar-refractivity contribution < 1.29 is 9.90 Å². The molecule has 1 amide bonds. The number of rotatable bonds is 1. The maximum Gasteiger partial charge on any atom is 0.407 e. The van der Waals surface area contributed by atoms with Gasteiger partial charge in [0, 0.05) is 18.5 Å². The second-order valence-electron chi connectivity index (χ2n) is 5.22. The SMILES string of the molecule is C[C@@H]1[C@@H](c2ccc3ccccc3c2)CCN1C(=O)O. The fourth-order valence-electron chi connectivity index (χ4n) is 3.09. The summed E-state index contributed by atoms with van der Waals surface area (Å²) < 4.78 is 0. The van der Waals surface area contributed by atoms with Crippen molar-refractivity contribution in [2.75, 3.05) is 6.54 Å². The first-order chi connectivity index (χ1) is 9.16.